The molecule has 0 aliphatic carbocycles. The number of fused-ring (bicyclic) bond motifs is 1. The van der Waals surface area contributed by atoms with Crippen molar-refractivity contribution >= 4 is 29.3 Å². The number of furan rings is 1. The van der Waals surface area contributed by atoms with Crippen LogP contribution in [0.5, 0.6) is 0 Å². The van der Waals surface area contributed by atoms with Gasteiger partial charge in [-0.2, -0.15) is 0 Å². The Balaban J connectivity index is 0.00000169. The highest BCUT2D eigenvalue weighted by atomic mass is 35.5. The number of aryl methyl sites for hydroxylation is 1. The van der Waals surface area contributed by atoms with E-state index in [9.17, 15) is 4.79 Å². The summed E-state index contributed by atoms with van der Waals surface area (Å²) < 4.78 is 5.76. The third-order valence-corrected chi connectivity index (χ3v) is 5.00. The van der Waals surface area contributed by atoms with Gasteiger partial charge in [0.2, 0.25) is 0 Å². The average molecular weight is 350 g/mol. The summed E-state index contributed by atoms with van der Waals surface area (Å²) in [5.41, 5.74) is 1.97. The van der Waals surface area contributed by atoms with Crippen LogP contribution in [0.4, 0.5) is 0 Å². The molecule has 2 aromatic rings. The maximum atomic E-state index is 12.7. The summed E-state index contributed by atoms with van der Waals surface area (Å²) in [6.45, 7) is 7.94. The number of rotatable bonds is 2. The van der Waals surface area contributed by atoms with Crippen molar-refractivity contribution in [2.75, 3.05) is 39.3 Å². The summed E-state index contributed by atoms with van der Waals surface area (Å²) in [6, 6.07) is 8.38. The Morgan fingerprint density at radius 3 is 2.79 bits per heavy atom. The predicted octanol–water partition coefficient (Wildman–Crippen LogP) is 2.28. The predicted molar refractivity (Wildman–Crippen MR) is 97.0 cm³/mol. The van der Waals surface area contributed by atoms with Gasteiger partial charge in [0.1, 0.15) is 5.58 Å². The summed E-state index contributed by atoms with van der Waals surface area (Å²) in [5, 5.41) is 4.39. The molecule has 1 atom stereocenters. The summed E-state index contributed by atoms with van der Waals surface area (Å²) >= 11 is 0. The largest absolute Gasteiger partial charge is 0.451 e. The summed E-state index contributed by atoms with van der Waals surface area (Å²) in [7, 11) is 0. The van der Waals surface area contributed by atoms with Crippen LogP contribution >= 0.6 is 12.4 Å². The highest BCUT2D eigenvalue weighted by molar-refractivity contribution is 5.96. The first-order valence-electron chi connectivity index (χ1n) is 8.45. The zero-order chi connectivity index (χ0) is 15.8. The second-order valence-electron chi connectivity index (χ2n) is 6.63. The first-order valence-corrected chi connectivity index (χ1v) is 8.45. The van der Waals surface area contributed by atoms with Crippen molar-refractivity contribution in [2.45, 2.75) is 19.4 Å². The topological polar surface area (TPSA) is 48.7 Å². The molecule has 5 nitrogen and oxygen atoms in total. The minimum absolute atomic E-state index is 0. The van der Waals surface area contributed by atoms with Crippen molar-refractivity contribution < 1.29 is 9.21 Å². The fourth-order valence-corrected chi connectivity index (χ4v) is 3.70. The molecule has 1 N–H and O–H groups in total. The number of piperazine rings is 1. The van der Waals surface area contributed by atoms with E-state index in [2.05, 4.69) is 16.3 Å². The van der Waals surface area contributed by atoms with Crippen LogP contribution in [0, 0.1) is 6.92 Å². The fourth-order valence-electron chi connectivity index (χ4n) is 3.70. The van der Waals surface area contributed by atoms with Gasteiger partial charge in [0.25, 0.3) is 5.91 Å². The van der Waals surface area contributed by atoms with E-state index in [1.165, 1.54) is 5.56 Å². The molecule has 2 saturated heterocycles. The van der Waals surface area contributed by atoms with Crippen molar-refractivity contribution in [2.24, 2.45) is 0 Å². The third kappa shape index (κ3) is 3.29. The highest BCUT2D eigenvalue weighted by Crippen LogP contribution is 2.24. The number of hydrogen-bond donors (Lipinski definition) is 1. The lowest BCUT2D eigenvalue weighted by atomic mass is 10.2. The van der Waals surface area contributed by atoms with Gasteiger partial charge >= 0.3 is 0 Å². The van der Waals surface area contributed by atoms with E-state index in [0.717, 1.165) is 56.7 Å². The standard InChI is InChI=1S/C18H23N3O2.ClH/c1-13-2-3-16-14(10-13)11-17(23-16)18(22)21-7-4-15(12-21)20-8-5-19-6-9-20;/h2-3,10-11,15,19H,4-9,12H2,1H3;1H. The molecule has 130 valence electrons. The molecule has 1 aromatic carbocycles. The van der Waals surface area contributed by atoms with Crippen LogP contribution < -0.4 is 5.32 Å². The van der Waals surface area contributed by atoms with Gasteiger partial charge in [0.15, 0.2) is 5.76 Å². The van der Waals surface area contributed by atoms with Crippen molar-refractivity contribution in [1.29, 1.82) is 0 Å². The van der Waals surface area contributed by atoms with E-state index >= 15 is 0 Å². The summed E-state index contributed by atoms with van der Waals surface area (Å²) in [4.78, 5) is 17.2. The van der Waals surface area contributed by atoms with Crippen molar-refractivity contribution in [3.05, 3.63) is 35.6 Å². The Labute approximate surface area is 148 Å². The molecule has 1 unspecified atom stereocenters. The van der Waals surface area contributed by atoms with E-state index in [1.807, 2.05) is 30.0 Å². The van der Waals surface area contributed by atoms with E-state index in [1.54, 1.807) is 0 Å². The van der Waals surface area contributed by atoms with Crippen LogP contribution in [0.25, 0.3) is 11.0 Å². The van der Waals surface area contributed by atoms with Gasteiger partial charge in [-0.15, -0.1) is 12.4 Å². The minimum Gasteiger partial charge on any atom is -0.451 e. The highest BCUT2D eigenvalue weighted by Gasteiger charge is 2.32. The van der Waals surface area contributed by atoms with E-state index < -0.39 is 0 Å². The van der Waals surface area contributed by atoms with Crippen LogP contribution in [0.1, 0.15) is 22.5 Å². The van der Waals surface area contributed by atoms with Crippen LogP contribution in [-0.2, 0) is 0 Å². The molecule has 0 bridgehead atoms. The lowest BCUT2D eigenvalue weighted by molar-refractivity contribution is 0.0744. The Morgan fingerprint density at radius 2 is 2.00 bits per heavy atom. The quantitative estimate of drug-likeness (QED) is 0.903. The second kappa shape index (κ2) is 7.13. The first-order chi connectivity index (χ1) is 11.2. The molecule has 0 spiro atoms. The normalized spacial score (nSPS) is 21.9. The molecule has 6 heteroatoms. The van der Waals surface area contributed by atoms with E-state index in [-0.39, 0.29) is 18.3 Å². The van der Waals surface area contributed by atoms with E-state index in [0.29, 0.717) is 11.8 Å². The lowest BCUT2D eigenvalue weighted by Crippen LogP contribution is -2.49. The van der Waals surface area contributed by atoms with Crippen LogP contribution in [0.3, 0.4) is 0 Å². The Bertz CT molecular complexity index is 724. The van der Waals surface area contributed by atoms with Crippen molar-refractivity contribution in [1.82, 2.24) is 15.1 Å². The number of carbonyl (C=O) groups is 1. The molecule has 1 aromatic heterocycles. The number of nitrogens with zero attached hydrogens (tertiary/aromatic N) is 2. The Kier molecular flexibility index (Phi) is 5.13. The Morgan fingerprint density at radius 1 is 1.21 bits per heavy atom. The number of hydrogen-bond acceptors (Lipinski definition) is 4. The maximum absolute atomic E-state index is 12.7. The molecule has 2 fully saturated rings. The molecule has 0 radical (unpaired) electrons. The number of benzene rings is 1. The summed E-state index contributed by atoms with van der Waals surface area (Å²) in [5.74, 6) is 0.489. The number of carbonyl (C=O) groups excluding carboxylic acids is 1. The van der Waals surface area contributed by atoms with E-state index in [4.69, 9.17) is 4.42 Å². The van der Waals surface area contributed by atoms with Gasteiger partial charge in [-0.05, 0) is 31.5 Å². The molecule has 1 amide bonds. The first kappa shape index (κ1) is 17.3. The number of likely N-dealkylation sites (tertiary alicyclic amines) is 1. The molecule has 4 rings (SSSR count). The average Bonchev–Trinajstić information content (AvgIpc) is 3.21. The second-order valence-corrected chi connectivity index (χ2v) is 6.63. The fraction of sp³-hybridized carbons (Fsp3) is 0.500. The van der Waals surface area contributed by atoms with Crippen molar-refractivity contribution in [3.8, 4) is 0 Å². The zero-order valence-electron chi connectivity index (χ0n) is 14.0. The van der Waals surface area contributed by atoms with Gasteiger partial charge < -0.3 is 14.6 Å². The maximum Gasteiger partial charge on any atom is 0.289 e. The summed E-state index contributed by atoms with van der Waals surface area (Å²) in [6.07, 6.45) is 1.06. The van der Waals surface area contributed by atoms with Crippen LogP contribution in [-0.4, -0.2) is 61.0 Å². The van der Waals surface area contributed by atoms with Gasteiger partial charge in [-0.1, -0.05) is 11.6 Å². The molecule has 2 aliphatic heterocycles. The van der Waals surface area contributed by atoms with Gasteiger partial charge in [0.05, 0.1) is 0 Å². The number of nitrogens with one attached hydrogen (secondary N) is 1. The minimum atomic E-state index is 0. The number of halogens is 1. The molecular weight excluding hydrogens is 326 g/mol. The lowest BCUT2D eigenvalue weighted by Gasteiger charge is -2.32. The Hall–Kier alpha value is -1.56. The van der Waals surface area contributed by atoms with Gasteiger partial charge in [-0.25, -0.2) is 0 Å². The van der Waals surface area contributed by atoms with Gasteiger partial charge in [0, 0.05) is 50.7 Å². The number of amides is 1. The van der Waals surface area contributed by atoms with Crippen LogP contribution in [0.15, 0.2) is 28.7 Å². The van der Waals surface area contributed by atoms with Gasteiger partial charge in [-0.3, -0.25) is 9.69 Å². The van der Waals surface area contributed by atoms with Crippen molar-refractivity contribution in [3.63, 3.8) is 0 Å². The van der Waals surface area contributed by atoms with Crippen LogP contribution in [0.2, 0.25) is 0 Å². The smallest absolute Gasteiger partial charge is 0.289 e. The zero-order valence-corrected chi connectivity index (χ0v) is 14.8. The molecule has 0 saturated carbocycles. The molecular formula is C18H24ClN3O2. The molecule has 2 aliphatic rings. The monoisotopic (exact) mass is 349 g/mol. The third-order valence-electron chi connectivity index (χ3n) is 5.00. The SMILES string of the molecule is Cc1ccc2oc(C(=O)N3CCC(N4CCNCC4)C3)cc2c1.Cl. The molecule has 3 heterocycles. The molecule has 24 heavy (non-hydrogen) atoms.